The summed E-state index contributed by atoms with van der Waals surface area (Å²) in [5.74, 6) is 0.830. The van der Waals surface area contributed by atoms with Crippen LogP contribution in [0.1, 0.15) is 48.7 Å². The molecule has 1 atom stereocenters. The van der Waals surface area contributed by atoms with Gasteiger partial charge in [0.1, 0.15) is 0 Å². The molecular formula is C18H26N6O. The Labute approximate surface area is 148 Å². The molecule has 1 saturated heterocycles. The molecule has 0 unspecified atom stereocenters. The second-order valence-corrected chi connectivity index (χ2v) is 6.56. The smallest absolute Gasteiger partial charge is 0.223 e. The Morgan fingerprint density at radius 2 is 2.08 bits per heavy atom. The summed E-state index contributed by atoms with van der Waals surface area (Å²) in [5.41, 5.74) is 3.42. The van der Waals surface area contributed by atoms with Crippen molar-refractivity contribution in [1.82, 2.24) is 24.6 Å². The van der Waals surface area contributed by atoms with Gasteiger partial charge in [-0.2, -0.15) is 5.10 Å². The summed E-state index contributed by atoms with van der Waals surface area (Å²) in [5, 5.41) is 7.66. The Kier molecular flexibility index (Phi) is 5.31. The first-order chi connectivity index (χ1) is 12.1. The lowest BCUT2D eigenvalue weighted by molar-refractivity contribution is -0.132. The Morgan fingerprint density at radius 3 is 2.76 bits per heavy atom. The van der Waals surface area contributed by atoms with Crippen molar-refractivity contribution in [3.63, 3.8) is 0 Å². The highest BCUT2D eigenvalue weighted by Gasteiger charge is 2.32. The molecule has 7 heteroatoms. The van der Waals surface area contributed by atoms with E-state index in [9.17, 15) is 4.79 Å². The number of aromatic nitrogens is 4. The molecule has 0 aromatic carbocycles. The Balaban J connectivity index is 1.56. The SMILES string of the molecule is Cc1nn(C)c(C)c1[C@@H]1CCCN1C(=O)CCCNc1ncccn1. The Bertz CT molecular complexity index is 727. The van der Waals surface area contributed by atoms with E-state index in [1.807, 2.05) is 23.6 Å². The van der Waals surface area contributed by atoms with Crippen LogP contribution in [0.25, 0.3) is 0 Å². The molecule has 0 bridgehead atoms. The second kappa shape index (κ2) is 7.63. The summed E-state index contributed by atoms with van der Waals surface area (Å²) in [6, 6.07) is 1.96. The van der Waals surface area contributed by atoms with Gasteiger partial charge in [0.2, 0.25) is 11.9 Å². The van der Waals surface area contributed by atoms with E-state index in [1.54, 1.807) is 18.5 Å². The van der Waals surface area contributed by atoms with Crippen LogP contribution in [-0.4, -0.2) is 43.6 Å². The van der Waals surface area contributed by atoms with E-state index in [1.165, 1.54) is 5.56 Å². The molecule has 134 valence electrons. The summed E-state index contributed by atoms with van der Waals surface area (Å²) < 4.78 is 1.91. The summed E-state index contributed by atoms with van der Waals surface area (Å²) in [6.45, 7) is 5.65. The molecule has 2 aromatic rings. The van der Waals surface area contributed by atoms with Crippen molar-refractivity contribution in [3.05, 3.63) is 35.4 Å². The fraction of sp³-hybridized carbons (Fsp3) is 0.556. The predicted molar refractivity (Wildman–Crippen MR) is 96.1 cm³/mol. The zero-order valence-corrected chi connectivity index (χ0v) is 15.2. The van der Waals surface area contributed by atoms with Gasteiger partial charge in [-0.15, -0.1) is 0 Å². The van der Waals surface area contributed by atoms with Crippen LogP contribution in [-0.2, 0) is 11.8 Å². The molecule has 1 aliphatic heterocycles. The molecule has 1 aliphatic rings. The van der Waals surface area contributed by atoms with Gasteiger partial charge in [-0.25, -0.2) is 9.97 Å². The standard InChI is InChI=1S/C18H26N6O/c1-13-17(14(2)23(3)22-13)15-7-5-12-24(15)16(25)8-4-9-19-18-20-10-6-11-21-18/h6,10-11,15H,4-5,7-9,12H2,1-3H3,(H,19,20,21)/t15-/m0/s1. The number of nitrogens with zero attached hydrogens (tertiary/aromatic N) is 5. The molecule has 1 amide bonds. The topological polar surface area (TPSA) is 75.9 Å². The van der Waals surface area contributed by atoms with Gasteiger partial charge < -0.3 is 10.2 Å². The Hall–Kier alpha value is -2.44. The van der Waals surface area contributed by atoms with Crippen LogP contribution in [0.2, 0.25) is 0 Å². The number of carbonyl (C=O) groups excluding carboxylic acids is 1. The van der Waals surface area contributed by atoms with Crippen LogP contribution < -0.4 is 5.32 Å². The van der Waals surface area contributed by atoms with Crippen molar-refractivity contribution in [3.8, 4) is 0 Å². The first kappa shape index (κ1) is 17.4. The molecule has 3 heterocycles. The van der Waals surface area contributed by atoms with Crippen LogP contribution in [0.15, 0.2) is 18.5 Å². The average molecular weight is 342 g/mol. The summed E-state index contributed by atoms with van der Waals surface area (Å²) in [4.78, 5) is 23.0. The van der Waals surface area contributed by atoms with E-state index < -0.39 is 0 Å². The van der Waals surface area contributed by atoms with Gasteiger partial charge in [0, 0.05) is 50.2 Å². The van der Waals surface area contributed by atoms with Crippen LogP contribution in [0.3, 0.4) is 0 Å². The minimum absolute atomic E-state index is 0.173. The number of anilines is 1. The van der Waals surface area contributed by atoms with Gasteiger partial charge in [0.15, 0.2) is 0 Å². The van der Waals surface area contributed by atoms with Gasteiger partial charge in [-0.1, -0.05) is 0 Å². The summed E-state index contributed by atoms with van der Waals surface area (Å²) in [6.07, 6.45) is 6.79. The lowest BCUT2D eigenvalue weighted by Gasteiger charge is -2.25. The van der Waals surface area contributed by atoms with Gasteiger partial charge in [0.25, 0.3) is 0 Å². The monoisotopic (exact) mass is 342 g/mol. The minimum Gasteiger partial charge on any atom is -0.354 e. The van der Waals surface area contributed by atoms with Crippen molar-refractivity contribution in [2.45, 2.75) is 45.6 Å². The van der Waals surface area contributed by atoms with Crippen molar-refractivity contribution >= 4 is 11.9 Å². The maximum atomic E-state index is 12.7. The zero-order chi connectivity index (χ0) is 17.8. The molecule has 0 saturated carbocycles. The molecule has 7 nitrogen and oxygen atoms in total. The number of rotatable bonds is 6. The highest BCUT2D eigenvalue weighted by Crippen LogP contribution is 2.35. The van der Waals surface area contributed by atoms with Crippen LogP contribution in [0, 0.1) is 13.8 Å². The largest absolute Gasteiger partial charge is 0.354 e. The normalized spacial score (nSPS) is 17.1. The minimum atomic E-state index is 0.173. The number of likely N-dealkylation sites (tertiary alicyclic amines) is 1. The zero-order valence-electron chi connectivity index (χ0n) is 15.2. The van der Waals surface area contributed by atoms with E-state index in [2.05, 4.69) is 27.3 Å². The van der Waals surface area contributed by atoms with E-state index in [-0.39, 0.29) is 11.9 Å². The highest BCUT2D eigenvalue weighted by molar-refractivity contribution is 5.77. The second-order valence-electron chi connectivity index (χ2n) is 6.56. The van der Waals surface area contributed by atoms with Crippen molar-refractivity contribution in [2.24, 2.45) is 7.05 Å². The van der Waals surface area contributed by atoms with Gasteiger partial charge in [0.05, 0.1) is 11.7 Å². The van der Waals surface area contributed by atoms with Gasteiger partial charge in [-0.05, 0) is 39.2 Å². The molecule has 1 fully saturated rings. The Morgan fingerprint density at radius 1 is 1.32 bits per heavy atom. The number of nitrogens with one attached hydrogen (secondary N) is 1. The fourth-order valence-electron chi connectivity index (χ4n) is 3.61. The molecule has 0 aliphatic carbocycles. The van der Waals surface area contributed by atoms with Crippen molar-refractivity contribution in [1.29, 1.82) is 0 Å². The number of carbonyl (C=O) groups is 1. The van der Waals surface area contributed by atoms with Crippen LogP contribution in [0.4, 0.5) is 5.95 Å². The van der Waals surface area contributed by atoms with E-state index in [0.717, 1.165) is 37.2 Å². The van der Waals surface area contributed by atoms with Gasteiger partial charge in [-0.3, -0.25) is 9.48 Å². The first-order valence-electron chi connectivity index (χ1n) is 8.88. The molecule has 3 rings (SSSR count). The molecule has 1 N–H and O–H groups in total. The molecular weight excluding hydrogens is 316 g/mol. The lowest BCUT2D eigenvalue weighted by atomic mass is 10.0. The number of amides is 1. The van der Waals surface area contributed by atoms with Crippen LogP contribution in [0.5, 0.6) is 0 Å². The quantitative estimate of drug-likeness (QED) is 0.816. The molecule has 0 spiro atoms. The van der Waals surface area contributed by atoms with Crippen LogP contribution >= 0.6 is 0 Å². The van der Waals surface area contributed by atoms with Crippen molar-refractivity contribution in [2.75, 3.05) is 18.4 Å². The third-order valence-electron chi connectivity index (χ3n) is 4.89. The van der Waals surface area contributed by atoms with Gasteiger partial charge >= 0.3 is 0 Å². The highest BCUT2D eigenvalue weighted by atomic mass is 16.2. The van der Waals surface area contributed by atoms with Crippen molar-refractivity contribution < 1.29 is 4.79 Å². The predicted octanol–water partition coefficient (Wildman–Crippen LogP) is 2.38. The number of hydrogen-bond donors (Lipinski definition) is 1. The number of aryl methyl sites for hydroxylation is 2. The number of hydrogen-bond acceptors (Lipinski definition) is 5. The lowest BCUT2D eigenvalue weighted by Crippen LogP contribution is -2.31. The maximum Gasteiger partial charge on any atom is 0.223 e. The third kappa shape index (κ3) is 3.81. The third-order valence-corrected chi connectivity index (χ3v) is 4.89. The first-order valence-corrected chi connectivity index (χ1v) is 8.88. The summed E-state index contributed by atoms with van der Waals surface area (Å²) in [7, 11) is 1.96. The van der Waals surface area contributed by atoms with E-state index in [0.29, 0.717) is 18.9 Å². The molecule has 2 aromatic heterocycles. The average Bonchev–Trinajstić information content (AvgIpc) is 3.17. The van der Waals surface area contributed by atoms with E-state index in [4.69, 9.17) is 0 Å². The maximum absolute atomic E-state index is 12.7. The van der Waals surface area contributed by atoms with E-state index >= 15 is 0 Å². The summed E-state index contributed by atoms with van der Waals surface area (Å²) >= 11 is 0. The molecule has 25 heavy (non-hydrogen) atoms. The fourth-order valence-corrected chi connectivity index (χ4v) is 3.61. The molecule has 0 radical (unpaired) electrons.